The zero-order valence-electron chi connectivity index (χ0n) is 12.9. The number of phenolic OH excluding ortho intramolecular Hbond substituents is 1. The summed E-state index contributed by atoms with van der Waals surface area (Å²) in [5.41, 5.74) is -0.853. The highest BCUT2D eigenvalue weighted by atomic mass is 16.3. The van der Waals surface area contributed by atoms with E-state index in [0.29, 0.717) is 6.42 Å². The third kappa shape index (κ3) is 3.45. The summed E-state index contributed by atoms with van der Waals surface area (Å²) in [6, 6.07) is 5.36. The van der Waals surface area contributed by atoms with Crippen molar-refractivity contribution in [2.75, 3.05) is 0 Å². The Bertz CT molecular complexity index is 784. The minimum Gasteiger partial charge on any atom is -0.508 e. The number of hydrogen-bond acceptors (Lipinski definition) is 5. The minimum absolute atomic E-state index is 0.00704. The molecular formula is C18H20O5. The molecule has 0 spiro atoms. The fraction of sp³-hybridized carbons (Fsp3) is 0.444. The molecule has 5 nitrogen and oxygen atoms in total. The van der Waals surface area contributed by atoms with E-state index in [2.05, 4.69) is 0 Å². The number of carbonyl (C=O) groups excluding carboxylic acids is 1. The lowest BCUT2D eigenvalue weighted by Crippen LogP contribution is -2.31. The van der Waals surface area contributed by atoms with E-state index in [1.165, 1.54) is 18.2 Å². The largest absolute Gasteiger partial charge is 0.508 e. The molecule has 0 saturated heterocycles. The van der Waals surface area contributed by atoms with Gasteiger partial charge in [-0.1, -0.05) is 19.3 Å². The molecule has 1 aliphatic carbocycles. The van der Waals surface area contributed by atoms with Crippen LogP contribution in [0.4, 0.5) is 0 Å². The number of rotatable bonds is 4. The molecule has 1 saturated carbocycles. The SMILES string of the molecule is O=C(CCC1(O)CCCCC1)c1cc(=O)c2cc(O)ccc2o1. The van der Waals surface area contributed by atoms with Crippen LogP contribution >= 0.6 is 0 Å². The van der Waals surface area contributed by atoms with Crippen molar-refractivity contribution in [2.24, 2.45) is 0 Å². The molecule has 1 fully saturated rings. The molecule has 2 N–H and O–H groups in total. The molecule has 1 aromatic carbocycles. The van der Waals surface area contributed by atoms with E-state index in [1.54, 1.807) is 0 Å². The molecule has 0 bridgehead atoms. The lowest BCUT2D eigenvalue weighted by Gasteiger charge is -2.31. The van der Waals surface area contributed by atoms with Crippen LogP contribution in [0.25, 0.3) is 11.0 Å². The molecule has 1 aliphatic rings. The Hall–Kier alpha value is -2.14. The highest BCUT2D eigenvalue weighted by molar-refractivity contribution is 5.95. The average molecular weight is 316 g/mol. The molecule has 0 radical (unpaired) electrons. The van der Waals surface area contributed by atoms with Crippen LogP contribution in [-0.2, 0) is 0 Å². The number of hydrogen-bond donors (Lipinski definition) is 2. The second kappa shape index (κ2) is 6.16. The summed E-state index contributed by atoms with van der Waals surface area (Å²) in [6.07, 6.45) is 5.09. The van der Waals surface area contributed by atoms with Crippen molar-refractivity contribution >= 4 is 16.8 Å². The molecule has 0 unspecified atom stereocenters. The van der Waals surface area contributed by atoms with Gasteiger partial charge in [0.15, 0.2) is 17.0 Å². The highest BCUT2D eigenvalue weighted by Crippen LogP contribution is 2.32. The molecule has 1 aromatic heterocycles. The Labute approximate surface area is 133 Å². The second-order valence-corrected chi connectivity index (χ2v) is 6.36. The van der Waals surface area contributed by atoms with Crippen LogP contribution in [0.2, 0.25) is 0 Å². The van der Waals surface area contributed by atoms with Crippen LogP contribution < -0.4 is 5.43 Å². The Kier molecular flexibility index (Phi) is 4.22. The van der Waals surface area contributed by atoms with E-state index in [9.17, 15) is 19.8 Å². The van der Waals surface area contributed by atoms with E-state index in [1.807, 2.05) is 0 Å². The average Bonchev–Trinajstić information content (AvgIpc) is 2.54. The zero-order chi connectivity index (χ0) is 16.4. The van der Waals surface area contributed by atoms with Gasteiger partial charge in [0, 0.05) is 12.5 Å². The van der Waals surface area contributed by atoms with E-state index < -0.39 is 5.60 Å². The fourth-order valence-corrected chi connectivity index (χ4v) is 3.21. The van der Waals surface area contributed by atoms with Gasteiger partial charge in [-0.05, 0) is 37.5 Å². The van der Waals surface area contributed by atoms with Gasteiger partial charge in [-0.15, -0.1) is 0 Å². The molecule has 0 amide bonds. The first-order chi connectivity index (χ1) is 11.0. The number of Topliss-reactive ketones (excluding diaryl/α,β-unsaturated/α-hetero) is 1. The standard InChI is InChI=1S/C18H20O5/c19-12-4-5-16-13(10-12)15(21)11-17(23-16)14(20)6-9-18(22)7-2-1-3-8-18/h4-5,10-11,19,22H,1-3,6-9H2. The number of ketones is 1. The third-order valence-electron chi connectivity index (χ3n) is 4.59. The van der Waals surface area contributed by atoms with Crippen molar-refractivity contribution in [3.05, 3.63) is 40.2 Å². The number of aliphatic hydroxyl groups is 1. The maximum Gasteiger partial charge on any atom is 0.198 e. The fourth-order valence-electron chi connectivity index (χ4n) is 3.21. The monoisotopic (exact) mass is 316 g/mol. The molecule has 5 heteroatoms. The van der Waals surface area contributed by atoms with E-state index >= 15 is 0 Å². The molecule has 0 atom stereocenters. The van der Waals surface area contributed by atoms with Gasteiger partial charge in [0.1, 0.15) is 11.3 Å². The van der Waals surface area contributed by atoms with Crippen molar-refractivity contribution in [1.82, 2.24) is 0 Å². The number of phenols is 1. The number of benzene rings is 1. The number of fused-ring (bicyclic) bond motifs is 1. The van der Waals surface area contributed by atoms with E-state index in [-0.39, 0.29) is 40.1 Å². The van der Waals surface area contributed by atoms with Gasteiger partial charge in [-0.3, -0.25) is 9.59 Å². The predicted octanol–water partition coefficient (Wildman–Crippen LogP) is 3.16. The number of aromatic hydroxyl groups is 1. The lowest BCUT2D eigenvalue weighted by molar-refractivity contribution is -0.00471. The lowest BCUT2D eigenvalue weighted by atomic mass is 9.81. The summed E-state index contributed by atoms with van der Waals surface area (Å²) in [4.78, 5) is 24.4. The second-order valence-electron chi connectivity index (χ2n) is 6.36. The Balaban J connectivity index is 1.78. The first kappa shape index (κ1) is 15.7. The quantitative estimate of drug-likeness (QED) is 0.846. The van der Waals surface area contributed by atoms with Gasteiger partial charge in [-0.25, -0.2) is 0 Å². The first-order valence-corrected chi connectivity index (χ1v) is 7.99. The molecule has 23 heavy (non-hydrogen) atoms. The Morgan fingerprint density at radius 2 is 1.91 bits per heavy atom. The van der Waals surface area contributed by atoms with Gasteiger partial charge in [0.05, 0.1) is 11.0 Å². The summed E-state index contributed by atoms with van der Waals surface area (Å²) in [5, 5.41) is 20.1. The van der Waals surface area contributed by atoms with Gasteiger partial charge in [-0.2, -0.15) is 0 Å². The van der Waals surface area contributed by atoms with Gasteiger partial charge in [0.2, 0.25) is 0 Å². The Morgan fingerprint density at radius 3 is 2.65 bits per heavy atom. The topological polar surface area (TPSA) is 87.7 Å². The zero-order valence-corrected chi connectivity index (χ0v) is 12.9. The van der Waals surface area contributed by atoms with Gasteiger partial charge in [0.25, 0.3) is 0 Å². The first-order valence-electron chi connectivity index (χ1n) is 7.99. The van der Waals surface area contributed by atoms with E-state index in [4.69, 9.17) is 4.42 Å². The molecule has 2 aromatic rings. The van der Waals surface area contributed by atoms with E-state index in [0.717, 1.165) is 38.2 Å². The summed E-state index contributed by atoms with van der Waals surface area (Å²) >= 11 is 0. The highest BCUT2D eigenvalue weighted by Gasteiger charge is 2.30. The normalized spacial score (nSPS) is 17.3. The molecule has 1 heterocycles. The smallest absolute Gasteiger partial charge is 0.198 e. The molecular weight excluding hydrogens is 296 g/mol. The Morgan fingerprint density at radius 1 is 1.17 bits per heavy atom. The van der Waals surface area contributed by atoms with Gasteiger partial charge >= 0.3 is 0 Å². The minimum atomic E-state index is -0.767. The van der Waals surface area contributed by atoms with Crippen molar-refractivity contribution in [2.45, 2.75) is 50.5 Å². The molecule has 0 aliphatic heterocycles. The van der Waals surface area contributed by atoms with Gasteiger partial charge < -0.3 is 14.6 Å². The summed E-state index contributed by atoms with van der Waals surface area (Å²) in [7, 11) is 0. The molecule has 122 valence electrons. The predicted molar refractivity (Wildman–Crippen MR) is 85.7 cm³/mol. The third-order valence-corrected chi connectivity index (χ3v) is 4.59. The van der Waals surface area contributed by atoms with Crippen LogP contribution in [0.5, 0.6) is 5.75 Å². The van der Waals surface area contributed by atoms with Crippen LogP contribution in [0.1, 0.15) is 55.5 Å². The summed E-state index contributed by atoms with van der Waals surface area (Å²) in [5.74, 6) is -0.299. The molecule has 3 rings (SSSR count). The van der Waals surface area contributed by atoms with Crippen LogP contribution in [0, 0.1) is 0 Å². The van der Waals surface area contributed by atoms with Crippen molar-refractivity contribution < 1.29 is 19.4 Å². The summed E-state index contributed by atoms with van der Waals surface area (Å²) < 4.78 is 5.49. The van der Waals surface area contributed by atoms with Crippen molar-refractivity contribution in [1.29, 1.82) is 0 Å². The maximum atomic E-state index is 12.3. The van der Waals surface area contributed by atoms with Crippen LogP contribution in [0.15, 0.2) is 33.5 Å². The summed E-state index contributed by atoms with van der Waals surface area (Å²) in [6.45, 7) is 0. The van der Waals surface area contributed by atoms with Crippen LogP contribution in [0.3, 0.4) is 0 Å². The number of carbonyl (C=O) groups is 1. The maximum absolute atomic E-state index is 12.3. The van der Waals surface area contributed by atoms with Crippen molar-refractivity contribution in [3.8, 4) is 5.75 Å². The van der Waals surface area contributed by atoms with Crippen molar-refractivity contribution in [3.63, 3.8) is 0 Å². The van der Waals surface area contributed by atoms with Crippen LogP contribution in [-0.4, -0.2) is 21.6 Å².